The molecule has 0 amide bonds. The molecule has 0 unspecified atom stereocenters. The highest BCUT2D eigenvalue weighted by Crippen LogP contribution is 2.20. The smallest absolute Gasteiger partial charge is 0.262 e. The molecule has 0 aliphatic carbocycles. The summed E-state index contributed by atoms with van der Waals surface area (Å²) >= 11 is 0. The molecule has 0 bridgehead atoms. The third-order valence-electron chi connectivity index (χ3n) is 2.97. The molecule has 110 valence electrons. The van der Waals surface area contributed by atoms with Crippen molar-refractivity contribution in [1.82, 2.24) is 0 Å². The van der Waals surface area contributed by atoms with Crippen molar-refractivity contribution in [3.8, 4) is 0 Å². The molecule has 0 spiro atoms. The van der Waals surface area contributed by atoms with Gasteiger partial charge in [-0.05, 0) is 42.8 Å². The van der Waals surface area contributed by atoms with E-state index in [-0.39, 0.29) is 0 Å². The molecule has 2 rings (SSSR count). The highest BCUT2D eigenvalue weighted by atomic mass is 32.2. The van der Waals surface area contributed by atoms with E-state index < -0.39 is 10.0 Å². The number of sulfonamides is 1. The summed E-state index contributed by atoms with van der Waals surface area (Å²) in [6, 6.07) is 14.0. The molecule has 0 heterocycles. The van der Waals surface area contributed by atoms with Gasteiger partial charge in [-0.25, -0.2) is 8.42 Å². The Morgan fingerprint density at radius 3 is 2.29 bits per heavy atom. The van der Waals surface area contributed by atoms with E-state index >= 15 is 0 Å². The van der Waals surface area contributed by atoms with Crippen molar-refractivity contribution in [2.75, 3.05) is 16.6 Å². The van der Waals surface area contributed by atoms with Crippen LogP contribution in [0.1, 0.15) is 5.56 Å². The number of hydrogen-bond acceptors (Lipinski definition) is 3. The minimum Gasteiger partial charge on any atom is -0.382 e. The van der Waals surface area contributed by atoms with E-state index in [1.54, 1.807) is 43.3 Å². The topological polar surface area (TPSA) is 58.2 Å². The molecule has 0 aromatic heterocycles. The fourth-order valence-corrected chi connectivity index (χ4v) is 3.22. The Morgan fingerprint density at radius 1 is 1.05 bits per heavy atom. The van der Waals surface area contributed by atoms with Gasteiger partial charge in [-0.2, -0.15) is 0 Å². The number of benzene rings is 2. The lowest BCUT2D eigenvalue weighted by atomic mass is 10.2. The Labute approximate surface area is 125 Å². The van der Waals surface area contributed by atoms with Crippen molar-refractivity contribution in [2.24, 2.45) is 0 Å². The summed E-state index contributed by atoms with van der Waals surface area (Å²) in [4.78, 5) is 0.291. The highest BCUT2D eigenvalue weighted by Gasteiger charge is 2.15. The highest BCUT2D eigenvalue weighted by molar-refractivity contribution is 7.92. The van der Waals surface area contributed by atoms with Crippen LogP contribution in [0.3, 0.4) is 0 Å². The molecule has 21 heavy (non-hydrogen) atoms. The summed E-state index contributed by atoms with van der Waals surface area (Å²) in [5.74, 6) is 0. The molecule has 2 aromatic carbocycles. The van der Waals surface area contributed by atoms with Gasteiger partial charge in [-0.15, -0.1) is 6.58 Å². The lowest BCUT2D eigenvalue weighted by Crippen LogP contribution is -2.14. The predicted molar refractivity (Wildman–Crippen MR) is 87.1 cm³/mol. The van der Waals surface area contributed by atoms with E-state index in [4.69, 9.17) is 0 Å². The van der Waals surface area contributed by atoms with Gasteiger partial charge in [0.2, 0.25) is 0 Å². The van der Waals surface area contributed by atoms with Crippen LogP contribution in [0.15, 0.2) is 66.1 Å². The third kappa shape index (κ3) is 3.86. The number of nitrogens with one attached hydrogen (secondary N) is 2. The number of anilines is 2. The van der Waals surface area contributed by atoms with Gasteiger partial charge in [-0.3, -0.25) is 4.72 Å². The lowest BCUT2D eigenvalue weighted by Gasteiger charge is -2.11. The Balaban J connectivity index is 2.17. The first-order valence-corrected chi connectivity index (χ1v) is 8.04. The van der Waals surface area contributed by atoms with Gasteiger partial charge < -0.3 is 5.32 Å². The Kier molecular flexibility index (Phi) is 4.65. The SMILES string of the molecule is C=CCNc1ccc(NS(=O)(=O)c2ccccc2C)cc1. The fourth-order valence-electron chi connectivity index (χ4n) is 1.91. The quantitative estimate of drug-likeness (QED) is 0.804. The zero-order valence-electron chi connectivity index (χ0n) is 11.8. The minimum atomic E-state index is -3.56. The molecule has 2 aromatic rings. The Morgan fingerprint density at radius 2 is 1.67 bits per heavy atom. The van der Waals surface area contributed by atoms with E-state index in [0.29, 0.717) is 22.7 Å². The van der Waals surface area contributed by atoms with E-state index in [1.165, 1.54) is 0 Å². The second-order valence-corrected chi connectivity index (χ2v) is 6.27. The summed E-state index contributed by atoms with van der Waals surface area (Å²) in [5, 5.41) is 3.13. The van der Waals surface area contributed by atoms with Crippen LogP contribution in [0.4, 0.5) is 11.4 Å². The summed E-state index contributed by atoms with van der Waals surface area (Å²) < 4.78 is 27.3. The van der Waals surface area contributed by atoms with Gasteiger partial charge >= 0.3 is 0 Å². The van der Waals surface area contributed by atoms with Gasteiger partial charge in [0.05, 0.1) is 4.90 Å². The lowest BCUT2D eigenvalue weighted by molar-refractivity contribution is 0.600. The monoisotopic (exact) mass is 302 g/mol. The predicted octanol–water partition coefficient (Wildman–Crippen LogP) is 3.39. The van der Waals surface area contributed by atoms with Gasteiger partial charge in [-0.1, -0.05) is 24.3 Å². The molecule has 0 atom stereocenters. The zero-order valence-corrected chi connectivity index (χ0v) is 12.7. The number of rotatable bonds is 6. The molecule has 0 aliphatic rings. The van der Waals surface area contributed by atoms with Crippen LogP contribution in [-0.4, -0.2) is 15.0 Å². The summed E-state index contributed by atoms with van der Waals surface area (Å²) in [6.45, 7) is 6.07. The van der Waals surface area contributed by atoms with Crippen LogP contribution in [-0.2, 0) is 10.0 Å². The first-order valence-electron chi connectivity index (χ1n) is 6.56. The van der Waals surface area contributed by atoms with E-state index in [9.17, 15) is 8.42 Å². The molecular formula is C16H18N2O2S. The van der Waals surface area contributed by atoms with Crippen molar-refractivity contribution in [3.63, 3.8) is 0 Å². The van der Waals surface area contributed by atoms with Crippen LogP contribution in [0.2, 0.25) is 0 Å². The molecule has 5 heteroatoms. The first-order chi connectivity index (χ1) is 10.0. The summed E-state index contributed by atoms with van der Waals surface area (Å²) in [5.41, 5.74) is 2.16. The molecule has 0 saturated heterocycles. The van der Waals surface area contributed by atoms with E-state index in [1.807, 2.05) is 18.2 Å². The summed E-state index contributed by atoms with van der Waals surface area (Å²) in [6.07, 6.45) is 1.76. The second-order valence-electron chi connectivity index (χ2n) is 4.62. The summed E-state index contributed by atoms with van der Waals surface area (Å²) in [7, 11) is -3.56. The average molecular weight is 302 g/mol. The van der Waals surface area contributed by atoms with Crippen molar-refractivity contribution < 1.29 is 8.42 Å². The van der Waals surface area contributed by atoms with Crippen LogP contribution in [0.25, 0.3) is 0 Å². The molecular weight excluding hydrogens is 284 g/mol. The van der Waals surface area contributed by atoms with Crippen LogP contribution in [0, 0.1) is 6.92 Å². The normalized spacial score (nSPS) is 10.9. The molecule has 0 fully saturated rings. The van der Waals surface area contributed by atoms with Crippen LogP contribution < -0.4 is 10.0 Å². The second kappa shape index (κ2) is 6.45. The van der Waals surface area contributed by atoms with Crippen molar-refractivity contribution in [3.05, 3.63) is 66.7 Å². The van der Waals surface area contributed by atoms with Crippen molar-refractivity contribution in [2.45, 2.75) is 11.8 Å². The Bertz CT molecular complexity index is 722. The molecule has 4 nitrogen and oxygen atoms in total. The number of hydrogen-bond donors (Lipinski definition) is 2. The van der Waals surface area contributed by atoms with E-state index in [2.05, 4.69) is 16.6 Å². The van der Waals surface area contributed by atoms with Gasteiger partial charge in [0.15, 0.2) is 0 Å². The average Bonchev–Trinajstić information content (AvgIpc) is 2.46. The minimum absolute atomic E-state index is 0.291. The van der Waals surface area contributed by atoms with Gasteiger partial charge in [0, 0.05) is 17.9 Å². The van der Waals surface area contributed by atoms with E-state index in [0.717, 1.165) is 5.69 Å². The molecule has 2 N–H and O–H groups in total. The van der Waals surface area contributed by atoms with Crippen LogP contribution in [0.5, 0.6) is 0 Å². The third-order valence-corrected chi connectivity index (χ3v) is 4.51. The van der Waals surface area contributed by atoms with Crippen molar-refractivity contribution in [1.29, 1.82) is 0 Å². The zero-order chi connectivity index (χ0) is 15.3. The Hall–Kier alpha value is -2.27. The van der Waals surface area contributed by atoms with Gasteiger partial charge in [0.25, 0.3) is 10.0 Å². The van der Waals surface area contributed by atoms with Crippen molar-refractivity contribution >= 4 is 21.4 Å². The molecule has 0 aliphatic heterocycles. The molecule has 0 saturated carbocycles. The first kappa shape index (κ1) is 15.1. The van der Waals surface area contributed by atoms with Crippen LogP contribution >= 0.6 is 0 Å². The van der Waals surface area contributed by atoms with Gasteiger partial charge in [0.1, 0.15) is 0 Å². The number of aryl methyl sites for hydroxylation is 1. The fraction of sp³-hybridized carbons (Fsp3) is 0.125. The molecule has 0 radical (unpaired) electrons. The standard InChI is InChI=1S/C16H18N2O2S/c1-3-12-17-14-8-10-15(11-9-14)18-21(19,20)16-7-5-4-6-13(16)2/h3-11,17-18H,1,12H2,2H3. The maximum absolute atomic E-state index is 12.3. The maximum Gasteiger partial charge on any atom is 0.262 e. The largest absolute Gasteiger partial charge is 0.382 e. The maximum atomic E-state index is 12.3.